The number of Topliss-reactive ketones (excluding diaryl/α,β-unsaturated/α-hetero) is 1. The van der Waals surface area contributed by atoms with Crippen molar-refractivity contribution in [2.75, 3.05) is 0 Å². The van der Waals surface area contributed by atoms with Crippen molar-refractivity contribution in [2.24, 2.45) is 0 Å². The van der Waals surface area contributed by atoms with Crippen molar-refractivity contribution in [1.82, 2.24) is 9.97 Å². The van der Waals surface area contributed by atoms with Crippen LogP contribution in [-0.2, 0) is 0 Å². The van der Waals surface area contributed by atoms with Crippen molar-refractivity contribution >= 4 is 17.4 Å². The molecule has 0 aliphatic heterocycles. The molecule has 0 saturated carbocycles. The van der Waals surface area contributed by atoms with Crippen LogP contribution in [0.4, 0.5) is 0 Å². The van der Waals surface area contributed by atoms with Crippen LogP contribution >= 0.6 is 0 Å². The molecule has 3 aromatic rings. The first-order valence-electron chi connectivity index (χ1n) is 7.58. The number of hydrogen-bond acceptors (Lipinski definition) is 3. The minimum absolute atomic E-state index is 0.187. The van der Waals surface area contributed by atoms with Gasteiger partial charge in [-0.05, 0) is 18.6 Å². The first-order chi connectivity index (χ1) is 11.6. The molecule has 1 N–H and O–H groups in total. The van der Waals surface area contributed by atoms with Crippen LogP contribution in [0.5, 0.6) is 0 Å². The van der Waals surface area contributed by atoms with Gasteiger partial charge < -0.3 is 4.98 Å². The largest absolute Gasteiger partial charge is 0.306 e. The molecule has 0 bridgehead atoms. The number of carbonyl (C=O) groups excluding carboxylic acids is 1. The smallest absolute Gasteiger partial charge is 0.251 e. The Morgan fingerprint density at radius 1 is 1.00 bits per heavy atom. The molecule has 0 spiro atoms. The van der Waals surface area contributed by atoms with Gasteiger partial charge in [0.1, 0.15) is 5.82 Å². The number of nitrogens with zero attached hydrogens (tertiary/aromatic N) is 1. The van der Waals surface area contributed by atoms with Crippen LogP contribution in [0.25, 0.3) is 11.6 Å². The molecule has 0 atom stereocenters. The first kappa shape index (κ1) is 15.6. The fourth-order valence-electron chi connectivity index (χ4n) is 2.41. The number of aromatic nitrogens is 2. The van der Waals surface area contributed by atoms with E-state index in [4.69, 9.17) is 0 Å². The quantitative estimate of drug-likeness (QED) is 0.592. The van der Waals surface area contributed by atoms with Gasteiger partial charge in [-0.1, -0.05) is 60.7 Å². The van der Waals surface area contributed by atoms with E-state index in [9.17, 15) is 9.59 Å². The SMILES string of the molecule is Cc1cc(=O)[nH]c(C(=Cc2ccccc2)C(=O)c2ccccc2)n1. The minimum atomic E-state index is -0.280. The number of nitrogens with one attached hydrogen (secondary N) is 1. The number of aryl methyl sites for hydroxylation is 1. The molecular formula is C20H16N2O2. The summed E-state index contributed by atoms with van der Waals surface area (Å²) in [6, 6.07) is 19.8. The monoisotopic (exact) mass is 316 g/mol. The summed E-state index contributed by atoms with van der Waals surface area (Å²) in [5.74, 6) is 0.0888. The van der Waals surface area contributed by atoms with E-state index in [1.165, 1.54) is 6.07 Å². The highest BCUT2D eigenvalue weighted by molar-refractivity contribution is 6.31. The molecular weight excluding hydrogens is 300 g/mol. The van der Waals surface area contributed by atoms with Crippen LogP contribution in [0.3, 0.4) is 0 Å². The maximum Gasteiger partial charge on any atom is 0.251 e. The van der Waals surface area contributed by atoms with Crippen molar-refractivity contribution in [3.8, 4) is 0 Å². The summed E-state index contributed by atoms with van der Waals surface area (Å²) in [7, 11) is 0. The topological polar surface area (TPSA) is 62.8 Å². The van der Waals surface area contributed by atoms with Crippen molar-refractivity contribution in [3.63, 3.8) is 0 Å². The third-order valence-corrected chi connectivity index (χ3v) is 3.52. The molecule has 1 heterocycles. The van der Waals surface area contributed by atoms with Crippen LogP contribution < -0.4 is 5.56 Å². The first-order valence-corrected chi connectivity index (χ1v) is 7.58. The molecule has 0 aliphatic carbocycles. The Balaban J connectivity index is 2.16. The van der Waals surface area contributed by atoms with Crippen LogP contribution in [0.2, 0.25) is 0 Å². The van der Waals surface area contributed by atoms with E-state index in [0.717, 1.165) is 5.56 Å². The second kappa shape index (κ2) is 6.87. The molecule has 0 unspecified atom stereocenters. The zero-order valence-electron chi connectivity index (χ0n) is 13.2. The van der Waals surface area contributed by atoms with Gasteiger partial charge in [0.05, 0.1) is 5.57 Å². The van der Waals surface area contributed by atoms with Crippen molar-refractivity contribution in [1.29, 1.82) is 0 Å². The molecule has 24 heavy (non-hydrogen) atoms. The highest BCUT2D eigenvalue weighted by Gasteiger charge is 2.17. The van der Waals surface area contributed by atoms with Crippen molar-refractivity contribution < 1.29 is 4.79 Å². The van der Waals surface area contributed by atoms with Crippen LogP contribution in [0.1, 0.15) is 27.4 Å². The lowest BCUT2D eigenvalue weighted by Gasteiger charge is -2.07. The van der Waals surface area contributed by atoms with E-state index in [1.807, 2.05) is 36.4 Å². The third kappa shape index (κ3) is 3.55. The number of hydrogen-bond donors (Lipinski definition) is 1. The van der Waals surface area contributed by atoms with Gasteiger partial charge in [-0.3, -0.25) is 9.59 Å². The van der Waals surface area contributed by atoms with Gasteiger partial charge in [0.2, 0.25) is 0 Å². The maximum atomic E-state index is 12.9. The summed E-state index contributed by atoms with van der Waals surface area (Å²) in [6.45, 7) is 1.73. The lowest BCUT2D eigenvalue weighted by atomic mass is 10.00. The second-order valence-corrected chi connectivity index (χ2v) is 5.40. The molecule has 0 radical (unpaired) electrons. The summed E-state index contributed by atoms with van der Waals surface area (Å²) in [6.07, 6.45) is 1.74. The van der Waals surface area contributed by atoms with Gasteiger partial charge >= 0.3 is 0 Å². The average molecular weight is 316 g/mol. The van der Waals surface area contributed by atoms with Gasteiger partial charge in [0.15, 0.2) is 5.78 Å². The van der Waals surface area contributed by atoms with E-state index in [-0.39, 0.29) is 17.2 Å². The minimum Gasteiger partial charge on any atom is -0.306 e. The average Bonchev–Trinajstić information content (AvgIpc) is 2.60. The Morgan fingerprint density at radius 2 is 1.62 bits per heavy atom. The molecule has 0 amide bonds. The molecule has 4 nitrogen and oxygen atoms in total. The standard InChI is InChI=1S/C20H16N2O2/c1-14-12-18(23)22-20(21-14)17(13-15-8-4-2-5-9-15)19(24)16-10-6-3-7-11-16/h2-13H,1H3,(H,21,22,23). The number of H-pyrrole nitrogens is 1. The van der Waals surface area contributed by atoms with Gasteiger partial charge in [-0.25, -0.2) is 4.98 Å². The normalized spacial score (nSPS) is 11.3. The van der Waals surface area contributed by atoms with Gasteiger partial charge in [-0.15, -0.1) is 0 Å². The lowest BCUT2D eigenvalue weighted by Crippen LogP contribution is -2.14. The number of rotatable bonds is 4. The number of benzene rings is 2. The molecule has 0 fully saturated rings. The summed E-state index contributed by atoms with van der Waals surface area (Å²) in [5, 5.41) is 0. The zero-order valence-corrected chi connectivity index (χ0v) is 13.2. The van der Waals surface area contributed by atoms with Gasteiger partial charge in [0, 0.05) is 17.3 Å². The Kier molecular flexibility index (Phi) is 4.47. The molecule has 0 saturated heterocycles. The number of carbonyl (C=O) groups is 1. The van der Waals surface area contributed by atoms with Crippen molar-refractivity contribution in [3.05, 3.63) is 99.7 Å². The third-order valence-electron chi connectivity index (χ3n) is 3.52. The Bertz CT molecular complexity index is 942. The van der Waals surface area contributed by atoms with E-state index in [0.29, 0.717) is 16.8 Å². The van der Waals surface area contributed by atoms with E-state index < -0.39 is 0 Å². The number of aromatic amines is 1. The Hall–Kier alpha value is -3.27. The second-order valence-electron chi connectivity index (χ2n) is 5.40. The van der Waals surface area contributed by atoms with E-state index in [1.54, 1.807) is 37.3 Å². The maximum absolute atomic E-state index is 12.9. The Labute approximate surface area is 139 Å². The molecule has 3 rings (SSSR count). The molecule has 118 valence electrons. The molecule has 0 aliphatic rings. The highest BCUT2D eigenvalue weighted by Crippen LogP contribution is 2.20. The summed E-state index contributed by atoms with van der Waals surface area (Å²) < 4.78 is 0. The summed E-state index contributed by atoms with van der Waals surface area (Å²) in [5.41, 5.74) is 2.05. The predicted octanol–water partition coefficient (Wildman–Crippen LogP) is 3.50. The van der Waals surface area contributed by atoms with Crippen LogP contribution in [0, 0.1) is 6.92 Å². The van der Waals surface area contributed by atoms with Gasteiger partial charge in [-0.2, -0.15) is 0 Å². The van der Waals surface area contributed by atoms with Crippen LogP contribution in [0.15, 0.2) is 71.5 Å². The zero-order chi connectivity index (χ0) is 16.9. The van der Waals surface area contributed by atoms with E-state index in [2.05, 4.69) is 9.97 Å². The highest BCUT2D eigenvalue weighted by atomic mass is 16.1. The summed E-state index contributed by atoms with van der Waals surface area (Å²) in [4.78, 5) is 31.7. The number of ketones is 1. The Morgan fingerprint density at radius 3 is 2.25 bits per heavy atom. The molecule has 4 heteroatoms. The summed E-state index contributed by atoms with van der Waals surface area (Å²) >= 11 is 0. The fourth-order valence-corrected chi connectivity index (χ4v) is 2.41. The fraction of sp³-hybridized carbons (Fsp3) is 0.0500. The molecule has 1 aromatic heterocycles. The van der Waals surface area contributed by atoms with E-state index >= 15 is 0 Å². The van der Waals surface area contributed by atoms with Gasteiger partial charge in [0.25, 0.3) is 5.56 Å². The predicted molar refractivity (Wildman–Crippen MR) is 94.7 cm³/mol. The lowest BCUT2D eigenvalue weighted by molar-refractivity contribution is 0.105. The molecule has 2 aromatic carbocycles. The number of allylic oxidation sites excluding steroid dienone is 1. The van der Waals surface area contributed by atoms with Crippen molar-refractivity contribution in [2.45, 2.75) is 6.92 Å². The van der Waals surface area contributed by atoms with Crippen LogP contribution in [-0.4, -0.2) is 15.8 Å².